The average Bonchev–Trinajstić information content (AvgIpc) is 2.63. The molecule has 2 N–H and O–H groups in total. The van der Waals surface area contributed by atoms with Crippen LogP contribution in [0.15, 0.2) is 18.2 Å². The zero-order valence-electron chi connectivity index (χ0n) is 14.9. The Bertz CT molecular complexity index is 717. The fraction of sp³-hybridized carbons (Fsp3) is 0.500. The topological polar surface area (TPSA) is 86.4 Å². The number of nitrogens with zero attached hydrogens (tertiary/aromatic N) is 4. The number of hydrogen-bond acceptors (Lipinski definition) is 7. The zero-order valence-corrected chi connectivity index (χ0v) is 14.9. The normalized spacial score (nSPS) is 14.4. The van der Waals surface area contributed by atoms with E-state index in [1.165, 1.54) is 19.3 Å². The van der Waals surface area contributed by atoms with Crippen molar-refractivity contribution in [2.24, 2.45) is 0 Å². The van der Waals surface area contributed by atoms with E-state index in [2.05, 4.69) is 19.9 Å². The first-order valence-corrected chi connectivity index (χ1v) is 8.68. The maximum atomic E-state index is 5.84. The Kier molecular flexibility index (Phi) is 5.53. The molecule has 0 aliphatic carbocycles. The molecule has 1 aromatic carbocycles. The number of benzene rings is 1. The molecule has 7 nitrogen and oxygen atoms in total. The summed E-state index contributed by atoms with van der Waals surface area (Å²) in [6.07, 6.45) is 4.36. The second kappa shape index (κ2) is 8.00. The van der Waals surface area contributed by atoms with Crippen molar-refractivity contribution in [3.05, 3.63) is 29.6 Å². The second-order valence-corrected chi connectivity index (χ2v) is 6.19. The minimum Gasteiger partial charge on any atom is -0.495 e. The van der Waals surface area contributed by atoms with Crippen LogP contribution in [0.5, 0.6) is 11.8 Å². The molecule has 7 heteroatoms. The molecule has 0 saturated carbocycles. The number of methoxy groups -OCH3 is 1. The third kappa shape index (κ3) is 4.49. The van der Waals surface area contributed by atoms with Crippen molar-refractivity contribution in [2.45, 2.75) is 32.6 Å². The Morgan fingerprint density at radius 3 is 2.68 bits per heavy atom. The number of aryl methyl sites for hydroxylation is 1. The van der Waals surface area contributed by atoms with Gasteiger partial charge in [-0.15, -0.1) is 0 Å². The van der Waals surface area contributed by atoms with Gasteiger partial charge in [0.1, 0.15) is 11.6 Å². The van der Waals surface area contributed by atoms with Crippen molar-refractivity contribution in [1.82, 2.24) is 15.0 Å². The van der Waals surface area contributed by atoms with Crippen molar-refractivity contribution in [3.63, 3.8) is 0 Å². The molecule has 2 heterocycles. The highest BCUT2D eigenvalue weighted by atomic mass is 16.5. The van der Waals surface area contributed by atoms with E-state index in [1.807, 2.05) is 25.1 Å². The van der Waals surface area contributed by atoms with Gasteiger partial charge in [0.25, 0.3) is 0 Å². The summed E-state index contributed by atoms with van der Waals surface area (Å²) in [6, 6.07) is 6.13. The maximum Gasteiger partial charge on any atom is 0.321 e. The largest absolute Gasteiger partial charge is 0.495 e. The van der Waals surface area contributed by atoms with Gasteiger partial charge in [-0.25, -0.2) is 0 Å². The van der Waals surface area contributed by atoms with E-state index in [4.69, 9.17) is 15.2 Å². The molecule has 0 unspecified atom stereocenters. The third-order valence-electron chi connectivity index (χ3n) is 4.27. The first-order valence-electron chi connectivity index (χ1n) is 8.68. The fourth-order valence-electron chi connectivity index (χ4n) is 2.91. The lowest BCUT2D eigenvalue weighted by molar-refractivity contribution is 0.294. The van der Waals surface area contributed by atoms with Crippen LogP contribution in [0.25, 0.3) is 0 Å². The average molecular weight is 343 g/mol. The number of hydrogen-bond donors (Lipinski definition) is 1. The van der Waals surface area contributed by atoms with Gasteiger partial charge in [0, 0.05) is 19.5 Å². The molecule has 0 bridgehead atoms. The summed E-state index contributed by atoms with van der Waals surface area (Å²) in [5.41, 5.74) is 7.56. The Morgan fingerprint density at radius 1 is 1.12 bits per heavy atom. The number of rotatable bonds is 6. The molecule has 0 radical (unpaired) electrons. The summed E-state index contributed by atoms with van der Waals surface area (Å²) in [7, 11) is 1.61. The molecule has 0 amide bonds. The summed E-state index contributed by atoms with van der Waals surface area (Å²) >= 11 is 0. The highest BCUT2D eigenvalue weighted by Crippen LogP contribution is 2.22. The first-order chi connectivity index (χ1) is 12.2. The second-order valence-electron chi connectivity index (χ2n) is 6.19. The lowest BCUT2D eigenvalue weighted by atomic mass is 10.1. The molecule has 2 aromatic rings. The van der Waals surface area contributed by atoms with Gasteiger partial charge in [-0.05, 0) is 43.9 Å². The monoisotopic (exact) mass is 343 g/mol. The third-order valence-corrected chi connectivity index (χ3v) is 4.27. The van der Waals surface area contributed by atoms with E-state index in [9.17, 15) is 0 Å². The molecule has 25 heavy (non-hydrogen) atoms. The van der Waals surface area contributed by atoms with Crippen LogP contribution in [-0.2, 0) is 6.42 Å². The predicted octanol–water partition coefficient (Wildman–Crippen LogP) is 2.38. The number of nitrogens with two attached hydrogens (primary N) is 1. The summed E-state index contributed by atoms with van der Waals surface area (Å²) in [4.78, 5) is 15.4. The number of ether oxygens (including phenoxy) is 2. The molecule has 3 rings (SSSR count). The highest BCUT2D eigenvalue weighted by Gasteiger charge is 2.15. The summed E-state index contributed by atoms with van der Waals surface area (Å²) < 4.78 is 11.0. The maximum absolute atomic E-state index is 5.84. The van der Waals surface area contributed by atoms with Crippen molar-refractivity contribution in [3.8, 4) is 11.8 Å². The smallest absolute Gasteiger partial charge is 0.321 e. The van der Waals surface area contributed by atoms with Crippen molar-refractivity contribution < 1.29 is 9.47 Å². The van der Waals surface area contributed by atoms with E-state index in [0.717, 1.165) is 31.0 Å². The minimum absolute atomic E-state index is 0.385. The van der Waals surface area contributed by atoms with Crippen LogP contribution in [-0.4, -0.2) is 41.8 Å². The van der Waals surface area contributed by atoms with Crippen molar-refractivity contribution >= 4 is 11.6 Å². The van der Waals surface area contributed by atoms with Gasteiger partial charge < -0.3 is 20.1 Å². The quantitative estimate of drug-likeness (QED) is 0.806. The van der Waals surface area contributed by atoms with Gasteiger partial charge in [0.15, 0.2) is 0 Å². The van der Waals surface area contributed by atoms with Gasteiger partial charge in [-0.1, -0.05) is 6.07 Å². The van der Waals surface area contributed by atoms with Crippen LogP contribution in [0.1, 0.15) is 30.7 Å². The van der Waals surface area contributed by atoms with E-state index in [0.29, 0.717) is 29.9 Å². The molecule has 0 spiro atoms. The number of aromatic nitrogens is 3. The summed E-state index contributed by atoms with van der Waals surface area (Å²) in [6.45, 7) is 4.34. The lowest BCUT2D eigenvalue weighted by Crippen LogP contribution is -2.31. The molecule has 1 fully saturated rings. The minimum atomic E-state index is 0.385. The zero-order chi connectivity index (χ0) is 17.6. The number of piperidine rings is 1. The lowest BCUT2D eigenvalue weighted by Gasteiger charge is -2.26. The van der Waals surface area contributed by atoms with Crippen LogP contribution >= 0.6 is 0 Å². The van der Waals surface area contributed by atoms with Gasteiger partial charge in [0.2, 0.25) is 5.95 Å². The molecular formula is C18H25N5O2. The standard InChI is InChI=1S/C18H25N5O2/c1-13-20-17(23-9-4-3-5-10-23)22-18(21-13)25-11-8-14-6-7-15(19)16(12-14)24-2/h6-7,12H,3-5,8-11,19H2,1-2H3. The van der Waals surface area contributed by atoms with Gasteiger partial charge in [0.05, 0.1) is 19.4 Å². The molecular weight excluding hydrogens is 318 g/mol. The summed E-state index contributed by atoms with van der Waals surface area (Å²) in [5, 5.41) is 0. The SMILES string of the molecule is COc1cc(CCOc2nc(C)nc(N3CCCCC3)n2)ccc1N. The van der Waals surface area contributed by atoms with Gasteiger partial charge in [-0.2, -0.15) is 15.0 Å². The first kappa shape index (κ1) is 17.3. The Labute approximate surface area is 148 Å². The van der Waals surface area contributed by atoms with Crippen LogP contribution < -0.4 is 20.1 Å². The molecule has 134 valence electrons. The summed E-state index contributed by atoms with van der Waals surface area (Å²) in [5.74, 6) is 2.08. The molecule has 1 aliphatic heterocycles. The molecule has 1 saturated heterocycles. The molecule has 1 aliphatic rings. The molecule has 0 atom stereocenters. The van der Waals surface area contributed by atoms with Gasteiger partial charge >= 0.3 is 6.01 Å². The van der Waals surface area contributed by atoms with Crippen molar-refractivity contribution in [1.29, 1.82) is 0 Å². The van der Waals surface area contributed by atoms with E-state index >= 15 is 0 Å². The number of anilines is 2. The Morgan fingerprint density at radius 2 is 1.92 bits per heavy atom. The van der Waals surface area contributed by atoms with Gasteiger partial charge in [-0.3, -0.25) is 0 Å². The van der Waals surface area contributed by atoms with E-state index in [-0.39, 0.29) is 0 Å². The van der Waals surface area contributed by atoms with Crippen LogP contribution in [0.2, 0.25) is 0 Å². The highest BCUT2D eigenvalue weighted by molar-refractivity contribution is 5.53. The Balaban J connectivity index is 1.62. The van der Waals surface area contributed by atoms with Crippen molar-refractivity contribution in [2.75, 3.05) is 37.4 Å². The van der Waals surface area contributed by atoms with E-state index < -0.39 is 0 Å². The van der Waals surface area contributed by atoms with E-state index in [1.54, 1.807) is 7.11 Å². The van der Waals surface area contributed by atoms with Crippen LogP contribution in [0.4, 0.5) is 11.6 Å². The predicted molar refractivity (Wildman–Crippen MR) is 97.2 cm³/mol. The number of nitrogen functional groups attached to an aromatic ring is 1. The fourth-order valence-corrected chi connectivity index (χ4v) is 2.91. The van der Waals surface area contributed by atoms with Crippen LogP contribution in [0.3, 0.4) is 0 Å². The van der Waals surface area contributed by atoms with Crippen LogP contribution in [0, 0.1) is 6.92 Å². The Hall–Kier alpha value is -2.57. The molecule has 1 aromatic heterocycles.